The molecule has 1 aliphatic rings. The van der Waals surface area contributed by atoms with Crippen LogP contribution in [0.2, 0.25) is 0 Å². The third-order valence-electron chi connectivity index (χ3n) is 2.84. The third kappa shape index (κ3) is 1.74. The number of hydrogen-bond acceptors (Lipinski definition) is 4. The molecule has 0 amide bonds. The molecule has 2 aromatic heterocycles. The van der Waals surface area contributed by atoms with Crippen molar-refractivity contribution in [2.45, 2.75) is 25.5 Å². The van der Waals surface area contributed by atoms with Crippen molar-refractivity contribution in [1.82, 2.24) is 19.7 Å². The molecule has 1 aliphatic heterocycles. The molecule has 2 aromatic rings. The average Bonchev–Trinajstić information content (AvgIpc) is 2.84. The minimum atomic E-state index is 0.230. The molecule has 1 saturated heterocycles. The van der Waals surface area contributed by atoms with E-state index in [1.807, 2.05) is 16.7 Å². The molecule has 0 spiro atoms. The third-order valence-corrected chi connectivity index (χ3v) is 2.84. The van der Waals surface area contributed by atoms with E-state index in [1.165, 1.54) is 0 Å². The van der Waals surface area contributed by atoms with E-state index in [9.17, 15) is 0 Å². The Labute approximate surface area is 93.5 Å². The van der Waals surface area contributed by atoms with Crippen LogP contribution >= 0.6 is 0 Å². The van der Waals surface area contributed by atoms with Crippen molar-refractivity contribution < 1.29 is 4.74 Å². The van der Waals surface area contributed by atoms with Gasteiger partial charge in [-0.3, -0.25) is 4.40 Å². The second-order valence-corrected chi connectivity index (χ2v) is 4.21. The summed E-state index contributed by atoms with van der Waals surface area (Å²) in [7, 11) is 0. The van der Waals surface area contributed by atoms with Gasteiger partial charge in [-0.15, -0.1) is 0 Å². The van der Waals surface area contributed by atoms with Gasteiger partial charge in [0.1, 0.15) is 18.1 Å². The van der Waals surface area contributed by atoms with E-state index in [4.69, 9.17) is 4.74 Å². The fourth-order valence-electron chi connectivity index (χ4n) is 2.03. The van der Waals surface area contributed by atoms with Gasteiger partial charge >= 0.3 is 0 Å². The van der Waals surface area contributed by atoms with Crippen LogP contribution in [0.1, 0.15) is 13.3 Å². The number of hydrogen-bond donors (Lipinski definition) is 1. The summed E-state index contributed by atoms with van der Waals surface area (Å²) in [6, 6.07) is 2.39. The molecule has 0 radical (unpaired) electrons. The van der Waals surface area contributed by atoms with Crippen LogP contribution in [-0.2, 0) is 0 Å². The fourth-order valence-corrected chi connectivity index (χ4v) is 2.03. The van der Waals surface area contributed by atoms with Crippen molar-refractivity contribution in [1.29, 1.82) is 0 Å². The van der Waals surface area contributed by atoms with Crippen LogP contribution < -0.4 is 10.1 Å². The highest BCUT2D eigenvalue weighted by atomic mass is 16.5. The summed E-state index contributed by atoms with van der Waals surface area (Å²) in [6.45, 7) is 3.06. The monoisotopic (exact) mass is 218 g/mol. The maximum absolute atomic E-state index is 5.81. The molecule has 16 heavy (non-hydrogen) atoms. The summed E-state index contributed by atoms with van der Waals surface area (Å²) in [5, 5.41) is 3.35. The van der Waals surface area contributed by atoms with E-state index >= 15 is 0 Å². The molecule has 84 valence electrons. The Hall–Kier alpha value is -1.62. The largest absolute Gasteiger partial charge is 0.472 e. The van der Waals surface area contributed by atoms with Gasteiger partial charge in [-0.05, 0) is 13.0 Å². The van der Waals surface area contributed by atoms with Gasteiger partial charge in [-0.1, -0.05) is 0 Å². The lowest BCUT2D eigenvalue weighted by atomic mass is 10.2. The van der Waals surface area contributed by atoms with Crippen LogP contribution in [-0.4, -0.2) is 33.1 Å². The number of aromatic nitrogens is 3. The molecule has 0 saturated carbocycles. The van der Waals surface area contributed by atoms with Crippen LogP contribution in [0.25, 0.3) is 5.65 Å². The number of nitrogens with zero attached hydrogens (tertiary/aromatic N) is 3. The van der Waals surface area contributed by atoms with E-state index in [0.29, 0.717) is 11.9 Å². The summed E-state index contributed by atoms with van der Waals surface area (Å²) in [5.74, 6) is 0.675. The van der Waals surface area contributed by atoms with Gasteiger partial charge in [0, 0.05) is 25.2 Å². The lowest BCUT2D eigenvalue weighted by Gasteiger charge is -2.08. The molecule has 1 N–H and O–H groups in total. The topological polar surface area (TPSA) is 51.5 Å². The molecule has 0 unspecified atom stereocenters. The minimum Gasteiger partial charge on any atom is -0.472 e. The van der Waals surface area contributed by atoms with Crippen molar-refractivity contribution in [3.05, 3.63) is 24.8 Å². The number of imidazole rings is 1. The van der Waals surface area contributed by atoms with Gasteiger partial charge in [0.25, 0.3) is 0 Å². The summed E-state index contributed by atoms with van der Waals surface area (Å²) >= 11 is 0. The molecular weight excluding hydrogens is 204 g/mol. The van der Waals surface area contributed by atoms with Gasteiger partial charge < -0.3 is 10.1 Å². The highest BCUT2D eigenvalue weighted by molar-refractivity contribution is 5.39. The Morgan fingerprint density at radius 2 is 2.50 bits per heavy atom. The molecule has 5 heteroatoms. The molecule has 0 aromatic carbocycles. The number of fused-ring (bicyclic) bond motifs is 1. The highest BCUT2D eigenvalue weighted by Gasteiger charge is 2.22. The first-order chi connectivity index (χ1) is 7.81. The zero-order chi connectivity index (χ0) is 11.0. The first kappa shape index (κ1) is 9.59. The summed E-state index contributed by atoms with van der Waals surface area (Å²) in [5.41, 5.74) is 0.865. The molecule has 0 aliphatic carbocycles. The molecule has 2 atom stereocenters. The fraction of sp³-hybridized carbons (Fsp3) is 0.455. The zero-order valence-corrected chi connectivity index (χ0v) is 9.13. The van der Waals surface area contributed by atoms with Crippen LogP contribution in [0.3, 0.4) is 0 Å². The van der Waals surface area contributed by atoms with Gasteiger partial charge in [-0.25, -0.2) is 4.98 Å². The van der Waals surface area contributed by atoms with Crippen molar-refractivity contribution in [3.63, 3.8) is 0 Å². The number of rotatable bonds is 2. The average molecular weight is 218 g/mol. The molecule has 3 rings (SSSR count). The number of ether oxygens (including phenoxy) is 1. The van der Waals surface area contributed by atoms with Crippen LogP contribution in [0.4, 0.5) is 0 Å². The molecule has 0 bridgehead atoms. The lowest BCUT2D eigenvalue weighted by molar-refractivity contribution is 0.213. The summed E-state index contributed by atoms with van der Waals surface area (Å²) in [6.07, 6.45) is 6.58. The van der Waals surface area contributed by atoms with Gasteiger partial charge in [0.15, 0.2) is 0 Å². The van der Waals surface area contributed by atoms with E-state index in [0.717, 1.165) is 18.6 Å². The van der Waals surface area contributed by atoms with Crippen molar-refractivity contribution in [2.75, 3.05) is 6.54 Å². The Morgan fingerprint density at radius 3 is 3.25 bits per heavy atom. The quantitative estimate of drug-likeness (QED) is 0.812. The van der Waals surface area contributed by atoms with E-state index in [-0.39, 0.29) is 6.10 Å². The smallest absolute Gasteiger partial charge is 0.232 e. The highest BCUT2D eigenvalue weighted by Crippen LogP contribution is 2.16. The first-order valence-corrected chi connectivity index (χ1v) is 5.50. The molecule has 5 nitrogen and oxygen atoms in total. The Morgan fingerprint density at radius 1 is 1.56 bits per heavy atom. The predicted molar refractivity (Wildman–Crippen MR) is 59.5 cm³/mol. The van der Waals surface area contributed by atoms with E-state index in [2.05, 4.69) is 22.2 Å². The van der Waals surface area contributed by atoms with Crippen LogP contribution in [0, 0.1) is 0 Å². The Balaban J connectivity index is 1.79. The van der Waals surface area contributed by atoms with Crippen molar-refractivity contribution in [3.8, 4) is 5.88 Å². The lowest BCUT2D eigenvalue weighted by Crippen LogP contribution is -2.20. The standard InChI is InChI=1S/C11H14N4O/c1-8-4-9(5-13-8)16-11-6-15-7-12-3-2-10(15)14-11/h2-3,6-9,13H,4-5H2,1H3/t8-,9+/m0/s1. The Bertz CT molecular complexity index is 462. The normalized spacial score (nSPS) is 25.1. The van der Waals surface area contributed by atoms with Gasteiger partial charge in [0.05, 0.1) is 6.20 Å². The molecular formula is C11H14N4O. The number of nitrogens with one attached hydrogen (secondary N) is 1. The molecule has 1 fully saturated rings. The maximum Gasteiger partial charge on any atom is 0.232 e. The SMILES string of the molecule is C[C@H]1C[C@@H](Oc2cn3cnccc3n2)CN1. The first-order valence-electron chi connectivity index (χ1n) is 5.50. The minimum absolute atomic E-state index is 0.230. The van der Waals surface area contributed by atoms with Crippen molar-refractivity contribution in [2.24, 2.45) is 0 Å². The van der Waals surface area contributed by atoms with Crippen LogP contribution in [0.5, 0.6) is 5.88 Å². The van der Waals surface area contributed by atoms with E-state index < -0.39 is 0 Å². The van der Waals surface area contributed by atoms with Crippen LogP contribution in [0.15, 0.2) is 24.8 Å². The molecule has 3 heterocycles. The maximum atomic E-state index is 5.81. The predicted octanol–water partition coefficient (Wildman–Crippen LogP) is 0.858. The summed E-state index contributed by atoms with van der Waals surface area (Å²) in [4.78, 5) is 8.40. The Kier molecular flexibility index (Phi) is 2.25. The second kappa shape index (κ2) is 3.75. The zero-order valence-electron chi connectivity index (χ0n) is 9.13. The van der Waals surface area contributed by atoms with Crippen molar-refractivity contribution >= 4 is 5.65 Å². The van der Waals surface area contributed by atoms with E-state index in [1.54, 1.807) is 12.5 Å². The second-order valence-electron chi connectivity index (χ2n) is 4.21. The van der Waals surface area contributed by atoms with Gasteiger partial charge in [0.2, 0.25) is 5.88 Å². The summed E-state index contributed by atoms with van der Waals surface area (Å²) < 4.78 is 7.67. The van der Waals surface area contributed by atoms with Gasteiger partial charge in [-0.2, -0.15) is 4.98 Å².